The zero-order valence-electron chi connectivity index (χ0n) is 17.9. The molecule has 0 spiro atoms. The quantitative estimate of drug-likeness (QED) is 0.635. The van der Waals surface area contributed by atoms with Gasteiger partial charge < -0.3 is 14.7 Å². The van der Waals surface area contributed by atoms with Crippen LogP contribution in [-0.2, 0) is 16.1 Å². The first-order valence-corrected chi connectivity index (χ1v) is 11.5. The molecule has 0 radical (unpaired) electrons. The third-order valence-electron chi connectivity index (χ3n) is 5.99. The Kier molecular flexibility index (Phi) is 6.71. The summed E-state index contributed by atoms with van der Waals surface area (Å²) in [7, 11) is 0. The second kappa shape index (κ2) is 9.50. The molecule has 8 nitrogen and oxygen atoms in total. The number of carbonyl (C=O) groups is 3. The van der Waals surface area contributed by atoms with E-state index in [1.54, 1.807) is 27.5 Å². The predicted octanol–water partition coefficient (Wildman–Crippen LogP) is 2.45. The number of halogens is 2. The van der Waals surface area contributed by atoms with Crippen molar-refractivity contribution in [3.63, 3.8) is 0 Å². The molecule has 2 fully saturated rings. The van der Waals surface area contributed by atoms with E-state index in [2.05, 4.69) is 5.10 Å². The standard InChI is InChI=1S/C22H25Cl2N5O3/c1-15-18(19(24)29(25-15)14-16-6-2-3-7-17(16)23)20(30)27-10-12-28(13-11-27)22(32)21(31)26-8-4-5-9-26/h2-3,6-7H,4-5,8-14H2,1H3. The smallest absolute Gasteiger partial charge is 0.312 e. The number of aryl methyl sites for hydroxylation is 1. The molecule has 10 heteroatoms. The van der Waals surface area contributed by atoms with Crippen LogP contribution >= 0.6 is 23.2 Å². The SMILES string of the molecule is Cc1nn(Cc2ccccc2Cl)c(Cl)c1C(=O)N1CCN(C(=O)C(=O)N2CCCC2)CC1. The molecule has 32 heavy (non-hydrogen) atoms. The maximum absolute atomic E-state index is 13.2. The molecule has 1 aromatic heterocycles. The van der Waals surface area contributed by atoms with Gasteiger partial charge in [0.15, 0.2) is 0 Å². The lowest BCUT2D eigenvalue weighted by Crippen LogP contribution is -2.54. The molecule has 3 heterocycles. The van der Waals surface area contributed by atoms with Crippen LogP contribution in [0, 0.1) is 6.92 Å². The van der Waals surface area contributed by atoms with Gasteiger partial charge in [0.1, 0.15) is 5.15 Å². The van der Waals surface area contributed by atoms with Crippen molar-refractivity contribution in [2.24, 2.45) is 0 Å². The molecule has 2 aliphatic rings. The molecule has 0 N–H and O–H groups in total. The number of rotatable bonds is 3. The first-order valence-electron chi connectivity index (χ1n) is 10.7. The Morgan fingerprint density at radius 1 is 0.875 bits per heavy atom. The van der Waals surface area contributed by atoms with E-state index in [0.29, 0.717) is 62.1 Å². The van der Waals surface area contributed by atoms with Crippen molar-refractivity contribution in [1.82, 2.24) is 24.5 Å². The summed E-state index contributed by atoms with van der Waals surface area (Å²) in [4.78, 5) is 42.9. The number of hydrogen-bond acceptors (Lipinski definition) is 4. The molecule has 0 aliphatic carbocycles. The Morgan fingerprint density at radius 2 is 1.44 bits per heavy atom. The van der Waals surface area contributed by atoms with Crippen LogP contribution in [-0.4, -0.2) is 81.5 Å². The van der Waals surface area contributed by atoms with E-state index in [1.807, 2.05) is 18.2 Å². The van der Waals surface area contributed by atoms with E-state index >= 15 is 0 Å². The van der Waals surface area contributed by atoms with Crippen LogP contribution in [0.5, 0.6) is 0 Å². The molecule has 1 aromatic carbocycles. The third kappa shape index (κ3) is 4.47. The number of piperazine rings is 1. The van der Waals surface area contributed by atoms with Gasteiger partial charge in [-0.15, -0.1) is 0 Å². The van der Waals surface area contributed by atoms with Crippen LogP contribution in [0.1, 0.15) is 34.5 Å². The minimum Gasteiger partial charge on any atom is -0.335 e. The molecule has 2 saturated heterocycles. The minimum atomic E-state index is -0.485. The van der Waals surface area contributed by atoms with Gasteiger partial charge in [0.25, 0.3) is 5.91 Å². The summed E-state index contributed by atoms with van der Waals surface area (Å²) >= 11 is 12.8. The van der Waals surface area contributed by atoms with E-state index in [1.165, 1.54) is 4.90 Å². The Morgan fingerprint density at radius 3 is 2.06 bits per heavy atom. The van der Waals surface area contributed by atoms with E-state index in [0.717, 1.165) is 18.4 Å². The van der Waals surface area contributed by atoms with Gasteiger partial charge in [-0.3, -0.25) is 14.4 Å². The van der Waals surface area contributed by atoms with Gasteiger partial charge in [-0.25, -0.2) is 4.68 Å². The first-order chi connectivity index (χ1) is 15.4. The number of likely N-dealkylation sites (tertiary alicyclic amines) is 1. The maximum Gasteiger partial charge on any atom is 0.312 e. The van der Waals surface area contributed by atoms with Gasteiger partial charge in [-0.1, -0.05) is 41.4 Å². The fourth-order valence-electron chi connectivity index (χ4n) is 4.15. The lowest BCUT2D eigenvalue weighted by Gasteiger charge is -2.35. The number of carbonyl (C=O) groups excluding carboxylic acids is 3. The minimum absolute atomic E-state index is 0.226. The monoisotopic (exact) mass is 477 g/mol. The largest absolute Gasteiger partial charge is 0.335 e. The van der Waals surface area contributed by atoms with Crippen molar-refractivity contribution < 1.29 is 14.4 Å². The van der Waals surface area contributed by atoms with Crippen LogP contribution in [0.3, 0.4) is 0 Å². The average Bonchev–Trinajstić information content (AvgIpc) is 3.42. The summed E-state index contributed by atoms with van der Waals surface area (Å²) in [6, 6.07) is 7.41. The number of hydrogen-bond donors (Lipinski definition) is 0. The summed E-state index contributed by atoms with van der Waals surface area (Å²) in [5.74, 6) is -1.15. The Bertz CT molecular complexity index is 1040. The summed E-state index contributed by atoms with van der Waals surface area (Å²) in [6.45, 7) is 4.68. The molecular weight excluding hydrogens is 453 g/mol. The molecule has 0 bridgehead atoms. The molecule has 0 saturated carbocycles. The maximum atomic E-state index is 13.2. The summed E-state index contributed by atoms with van der Waals surface area (Å²) in [6.07, 6.45) is 1.87. The van der Waals surface area contributed by atoms with Crippen molar-refractivity contribution in [2.75, 3.05) is 39.3 Å². The second-order valence-electron chi connectivity index (χ2n) is 8.08. The molecule has 4 rings (SSSR count). The van der Waals surface area contributed by atoms with Crippen molar-refractivity contribution in [3.8, 4) is 0 Å². The highest BCUT2D eigenvalue weighted by Crippen LogP contribution is 2.25. The topological polar surface area (TPSA) is 78.8 Å². The van der Waals surface area contributed by atoms with Crippen LogP contribution in [0.15, 0.2) is 24.3 Å². The van der Waals surface area contributed by atoms with Crippen LogP contribution < -0.4 is 0 Å². The zero-order valence-corrected chi connectivity index (χ0v) is 19.4. The molecule has 2 aliphatic heterocycles. The van der Waals surface area contributed by atoms with Gasteiger partial charge in [0, 0.05) is 44.3 Å². The van der Waals surface area contributed by atoms with E-state index in [9.17, 15) is 14.4 Å². The third-order valence-corrected chi connectivity index (χ3v) is 6.74. The lowest BCUT2D eigenvalue weighted by molar-refractivity contribution is -0.152. The second-order valence-corrected chi connectivity index (χ2v) is 8.85. The molecule has 3 amide bonds. The van der Waals surface area contributed by atoms with Crippen molar-refractivity contribution in [3.05, 3.63) is 51.3 Å². The highest BCUT2D eigenvalue weighted by Gasteiger charge is 2.33. The van der Waals surface area contributed by atoms with Crippen molar-refractivity contribution >= 4 is 40.9 Å². The fraction of sp³-hybridized carbons (Fsp3) is 0.455. The first kappa shape index (κ1) is 22.6. The number of amides is 3. The van der Waals surface area contributed by atoms with Gasteiger partial charge in [0.05, 0.1) is 17.8 Å². The van der Waals surface area contributed by atoms with Gasteiger partial charge >= 0.3 is 11.8 Å². The lowest BCUT2D eigenvalue weighted by atomic mass is 10.2. The number of benzene rings is 1. The van der Waals surface area contributed by atoms with Crippen LogP contribution in [0.2, 0.25) is 10.2 Å². The van der Waals surface area contributed by atoms with Crippen LogP contribution in [0.4, 0.5) is 0 Å². The summed E-state index contributed by atoms with van der Waals surface area (Å²) in [5, 5.41) is 5.30. The van der Waals surface area contributed by atoms with E-state index < -0.39 is 11.8 Å². The molecule has 0 atom stereocenters. The highest BCUT2D eigenvalue weighted by molar-refractivity contribution is 6.35. The number of nitrogens with zero attached hydrogens (tertiary/aromatic N) is 5. The van der Waals surface area contributed by atoms with Gasteiger partial charge in [-0.2, -0.15) is 5.10 Å². The van der Waals surface area contributed by atoms with E-state index in [-0.39, 0.29) is 11.1 Å². The fourth-order valence-corrected chi connectivity index (χ4v) is 4.66. The number of aromatic nitrogens is 2. The molecule has 170 valence electrons. The Labute approximate surface area is 196 Å². The normalized spacial score (nSPS) is 16.5. The Balaban J connectivity index is 1.41. The molecular formula is C22H25Cl2N5O3. The molecule has 2 aromatic rings. The molecule has 0 unspecified atom stereocenters. The average molecular weight is 478 g/mol. The van der Waals surface area contributed by atoms with Crippen molar-refractivity contribution in [1.29, 1.82) is 0 Å². The van der Waals surface area contributed by atoms with Gasteiger partial charge in [0.2, 0.25) is 0 Å². The predicted molar refractivity (Wildman–Crippen MR) is 121 cm³/mol. The van der Waals surface area contributed by atoms with Crippen molar-refractivity contribution in [2.45, 2.75) is 26.3 Å². The van der Waals surface area contributed by atoms with Gasteiger partial charge in [-0.05, 0) is 31.4 Å². The Hall–Kier alpha value is -2.58. The summed E-state index contributed by atoms with van der Waals surface area (Å²) < 4.78 is 1.57. The summed E-state index contributed by atoms with van der Waals surface area (Å²) in [5.41, 5.74) is 1.74. The van der Waals surface area contributed by atoms with E-state index in [4.69, 9.17) is 23.2 Å². The highest BCUT2D eigenvalue weighted by atomic mass is 35.5. The van der Waals surface area contributed by atoms with Crippen LogP contribution in [0.25, 0.3) is 0 Å². The zero-order chi connectivity index (χ0) is 22.8.